The molecule has 1 aliphatic rings. The van der Waals surface area contributed by atoms with Crippen molar-refractivity contribution >= 4 is 18.9 Å². The van der Waals surface area contributed by atoms with Crippen LogP contribution in [0.2, 0.25) is 0 Å². The van der Waals surface area contributed by atoms with Crippen molar-refractivity contribution in [1.29, 1.82) is 0 Å². The van der Waals surface area contributed by atoms with Crippen molar-refractivity contribution in [3.05, 3.63) is 0 Å². The van der Waals surface area contributed by atoms with E-state index in [9.17, 15) is 0 Å². The number of hydrogen-bond donors (Lipinski definition) is 0. The Labute approximate surface area is 55.4 Å². The molecule has 0 aliphatic carbocycles. The molecule has 0 aromatic carbocycles. The summed E-state index contributed by atoms with van der Waals surface area (Å²) in [6.45, 7) is 3.00. The van der Waals surface area contributed by atoms with Gasteiger partial charge in [0, 0.05) is 6.54 Å². The van der Waals surface area contributed by atoms with Gasteiger partial charge in [0.2, 0.25) is 7.65 Å². The fraction of sp³-hybridized carbons (Fsp3) is 1.00. The third-order valence-electron chi connectivity index (χ3n) is 1.06. The van der Waals surface area contributed by atoms with E-state index in [4.69, 9.17) is 15.8 Å². The van der Waals surface area contributed by atoms with E-state index in [1.54, 1.807) is 0 Å². The second-order valence-electron chi connectivity index (χ2n) is 1.98. The predicted octanol–water partition coefficient (Wildman–Crippen LogP) is 1.80. The Kier molecular flexibility index (Phi) is 2.10. The molecule has 8 heavy (non-hydrogen) atoms. The van der Waals surface area contributed by atoms with Gasteiger partial charge in [-0.2, -0.15) is 0 Å². The zero-order valence-electron chi connectivity index (χ0n) is 4.97. The van der Waals surface area contributed by atoms with Crippen molar-refractivity contribution < 1.29 is 4.52 Å². The van der Waals surface area contributed by atoms with Gasteiger partial charge in [-0.25, -0.2) is 4.67 Å². The standard InChI is InChI=1S/C4H9ClNOP/c1-4-3-6(2)8(5)7-4/h4H,3H2,1-2H3/t4-,8-/m0/s1. The summed E-state index contributed by atoms with van der Waals surface area (Å²) >= 11 is 5.73. The molecule has 1 aliphatic heterocycles. The summed E-state index contributed by atoms with van der Waals surface area (Å²) in [5, 5.41) is 0. The van der Waals surface area contributed by atoms with E-state index in [2.05, 4.69) is 0 Å². The number of likely N-dealkylation sites (N-methyl/N-ethyl adjacent to an activating group) is 1. The summed E-state index contributed by atoms with van der Waals surface area (Å²) in [7, 11) is 1.21. The van der Waals surface area contributed by atoms with Crippen LogP contribution in [0.3, 0.4) is 0 Å². The van der Waals surface area contributed by atoms with E-state index < -0.39 is 7.65 Å². The molecular formula is C4H9ClNOP. The van der Waals surface area contributed by atoms with Crippen molar-refractivity contribution in [3.63, 3.8) is 0 Å². The Hall–Kier alpha value is 0.640. The highest BCUT2D eigenvalue weighted by atomic mass is 35.7. The molecule has 0 spiro atoms. The van der Waals surface area contributed by atoms with Crippen molar-refractivity contribution in [2.75, 3.05) is 13.6 Å². The van der Waals surface area contributed by atoms with Crippen LogP contribution in [-0.4, -0.2) is 24.4 Å². The predicted molar refractivity (Wildman–Crippen MR) is 36.0 cm³/mol. The van der Waals surface area contributed by atoms with Gasteiger partial charge >= 0.3 is 0 Å². The maximum Gasteiger partial charge on any atom is 0.206 e. The average molecular weight is 154 g/mol. The minimum Gasteiger partial charge on any atom is -0.327 e. The molecule has 0 N–H and O–H groups in total. The van der Waals surface area contributed by atoms with Crippen LogP contribution in [0.15, 0.2) is 0 Å². The molecule has 2 nitrogen and oxygen atoms in total. The molecule has 0 aromatic rings. The first kappa shape index (κ1) is 6.76. The highest BCUT2D eigenvalue weighted by Crippen LogP contribution is 2.51. The second-order valence-corrected chi connectivity index (χ2v) is 4.20. The van der Waals surface area contributed by atoms with Gasteiger partial charge in [0.15, 0.2) is 0 Å². The monoisotopic (exact) mass is 153 g/mol. The SMILES string of the molecule is C[C@H]1CN(C)[P@](Cl)O1. The molecule has 1 rings (SSSR count). The summed E-state index contributed by atoms with van der Waals surface area (Å²) in [4.78, 5) is 0. The van der Waals surface area contributed by atoms with Gasteiger partial charge in [-0.3, -0.25) is 0 Å². The summed E-state index contributed by atoms with van der Waals surface area (Å²) in [6.07, 6.45) is 0.323. The molecule has 1 heterocycles. The molecule has 0 radical (unpaired) electrons. The molecule has 4 heteroatoms. The fourth-order valence-electron chi connectivity index (χ4n) is 0.699. The average Bonchev–Trinajstić information content (AvgIpc) is 1.85. The molecule has 48 valence electrons. The van der Waals surface area contributed by atoms with Gasteiger partial charge in [-0.05, 0) is 25.2 Å². The molecule has 1 saturated heterocycles. The van der Waals surface area contributed by atoms with Crippen LogP contribution in [0.5, 0.6) is 0 Å². The third-order valence-corrected chi connectivity index (χ3v) is 3.30. The number of halogens is 1. The van der Waals surface area contributed by atoms with Crippen LogP contribution in [0, 0.1) is 0 Å². The molecule has 0 saturated carbocycles. The topological polar surface area (TPSA) is 12.5 Å². The normalized spacial score (nSPS) is 40.9. The summed E-state index contributed by atoms with van der Waals surface area (Å²) in [6, 6.07) is 0. The maximum atomic E-state index is 5.73. The van der Waals surface area contributed by atoms with E-state index >= 15 is 0 Å². The van der Waals surface area contributed by atoms with Crippen LogP contribution in [0.4, 0.5) is 0 Å². The quantitative estimate of drug-likeness (QED) is 0.492. The molecule has 1 fully saturated rings. The lowest BCUT2D eigenvalue weighted by Gasteiger charge is -2.06. The fourth-order valence-corrected chi connectivity index (χ4v) is 2.17. The molecule has 0 unspecified atom stereocenters. The number of nitrogens with zero attached hydrogens (tertiary/aromatic N) is 1. The maximum absolute atomic E-state index is 5.73. The van der Waals surface area contributed by atoms with Gasteiger partial charge < -0.3 is 4.52 Å². The lowest BCUT2D eigenvalue weighted by Crippen LogP contribution is -2.11. The van der Waals surface area contributed by atoms with Gasteiger partial charge in [-0.15, -0.1) is 0 Å². The molecule has 0 amide bonds. The van der Waals surface area contributed by atoms with Gasteiger partial charge in [0.25, 0.3) is 0 Å². The largest absolute Gasteiger partial charge is 0.327 e. The van der Waals surface area contributed by atoms with E-state index in [1.807, 2.05) is 18.6 Å². The van der Waals surface area contributed by atoms with Crippen LogP contribution >= 0.6 is 18.9 Å². The smallest absolute Gasteiger partial charge is 0.206 e. The van der Waals surface area contributed by atoms with Crippen LogP contribution < -0.4 is 0 Å². The molecule has 2 atom stereocenters. The highest BCUT2D eigenvalue weighted by molar-refractivity contribution is 7.78. The van der Waals surface area contributed by atoms with Crippen molar-refractivity contribution in [1.82, 2.24) is 4.67 Å². The summed E-state index contributed by atoms with van der Waals surface area (Å²) < 4.78 is 7.26. The van der Waals surface area contributed by atoms with Crippen LogP contribution in [0.25, 0.3) is 0 Å². The van der Waals surface area contributed by atoms with E-state index in [-0.39, 0.29) is 0 Å². The summed E-state index contributed by atoms with van der Waals surface area (Å²) in [5.41, 5.74) is 0. The zero-order valence-corrected chi connectivity index (χ0v) is 6.62. The Bertz CT molecular complexity index is 82.1. The first-order valence-electron chi connectivity index (χ1n) is 2.54. The third kappa shape index (κ3) is 1.32. The minimum atomic E-state index is -0.760. The lowest BCUT2D eigenvalue weighted by atomic mass is 10.4. The van der Waals surface area contributed by atoms with Gasteiger partial charge in [0.1, 0.15) is 0 Å². The zero-order chi connectivity index (χ0) is 6.15. The minimum absolute atomic E-state index is 0.323. The molecule has 0 aromatic heterocycles. The van der Waals surface area contributed by atoms with Gasteiger partial charge in [0.05, 0.1) is 6.10 Å². The number of hydrogen-bond acceptors (Lipinski definition) is 2. The Morgan fingerprint density at radius 2 is 2.50 bits per heavy atom. The van der Waals surface area contributed by atoms with Crippen molar-refractivity contribution in [2.24, 2.45) is 0 Å². The number of rotatable bonds is 0. The Morgan fingerprint density at radius 3 is 2.62 bits per heavy atom. The lowest BCUT2D eigenvalue weighted by molar-refractivity contribution is 0.283. The van der Waals surface area contributed by atoms with E-state index in [0.717, 1.165) is 6.54 Å². The Morgan fingerprint density at radius 1 is 1.88 bits per heavy atom. The Balaban J connectivity index is 2.39. The first-order valence-corrected chi connectivity index (χ1v) is 4.65. The van der Waals surface area contributed by atoms with E-state index in [1.165, 1.54) is 0 Å². The second kappa shape index (κ2) is 2.49. The molecular weight excluding hydrogens is 144 g/mol. The van der Waals surface area contributed by atoms with Crippen molar-refractivity contribution in [3.8, 4) is 0 Å². The van der Waals surface area contributed by atoms with Crippen molar-refractivity contribution in [2.45, 2.75) is 13.0 Å². The first-order chi connectivity index (χ1) is 3.70. The summed E-state index contributed by atoms with van der Waals surface area (Å²) in [5.74, 6) is 0. The molecule has 0 bridgehead atoms. The van der Waals surface area contributed by atoms with Crippen LogP contribution in [-0.2, 0) is 4.52 Å². The highest BCUT2D eigenvalue weighted by Gasteiger charge is 2.25. The van der Waals surface area contributed by atoms with Crippen LogP contribution in [0.1, 0.15) is 6.92 Å². The van der Waals surface area contributed by atoms with Gasteiger partial charge in [-0.1, -0.05) is 0 Å². The van der Waals surface area contributed by atoms with E-state index in [0.29, 0.717) is 6.10 Å².